The molecule has 36 heavy (non-hydrogen) atoms. The minimum atomic E-state index is 0.886. The van der Waals surface area contributed by atoms with Crippen LogP contribution < -0.4 is 0 Å². The monoisotopic (exact) mass is 458 g/mol. The molecular weight excluding hydrogens is 436 g/mol. The number of benzene rings is 6. The van der Waals surface area contributed by atoms with Gasteiger partial charge in [-0.2, -0.15) is 0 Å². The summed E-state index contributed by atoms with van der Waals surface area (Å²) in [6, 6.07) is 44.8. The molecule has 2 nitrogen and oxygen atoms in total. The molecule has 168 valence electrons. The molecule has 2 heteroatoms. The third-order valence-electron chi connectivity index (χ3n) is 6.90. The second-order valence-electron chi connectivity index (χ2n) is 9.07. The molecule has 0 saturated carbocycles. The Hall–Kier alpha value is -4.82. The zero-order valence-electron chi connectivity index (χ0n) is 19.6. The summed E-state index contributed by atoms with van der Waals surface area (Å²) in [5.74, 6) is 0. The van der Waals surface area contributed by atoms with Crippen LogP contribution >= 0.6 is 0 Å². The van der Waals surface area contributed by atoms with Crippen LogP contribution in [0.3, 0.4) is 0 Å². The van der Waals surface area contributed by atoms with Gasteiger partial charge in [0.15, 0.2) is 0 Å². The molecule has 0 radical (unpaired) electrons. The zero-order chi connectivity index (χ0) is 23.9. The van der Waals surface area contributed by atoms with Gasteiger partial charge < -0.3 is 0 Å². The Bertz CT molecular complexity index is 1860. The molecule has 0 fully saturated rings. The van der Waals surface area contributed by atoms with E-state index in [9.17, 15) is 0 Å². The molecule has 0 amide bonds. The Balaban J connectivity index is 1.57. The average molecular weight is 459 g/mol. The van der Waals surface area contributed by atoms with Gasteiger partial charge in [-0.25, -0.2) is 4.98 Å². The van der Waals surface area contributed by atoms with Gasteiger partial charge in [0.25, 0.3) is 0 Å². The molecule has 0 spiro atoms. The lowest BCUT2D eigenvalue weighted by atomic mass is 9.93. The Morgan fingerprint density at radius 3 is 1.36 bits per heavy atom. The summed E-state index contributed by atoms with van der Waals surface area (Å²) in [4.78, 5) is 10.1. The zero-order valence-corrected chi connectivity index (χ0v) is 19.6. The summed E-state index contributed by atoms with van der Waals surface area (Å²) in [6.07, 6.45) is 1.90. The van der Waals surface area contributed by atoms with Crippen molar-refractivity contribution in [3.8, 4) is 33.5 Å². The van der Waals surface area contributed by atoms with Gasteiger partial charge in [0, 0.05) is 16.3 Å². The SMILES string of the molecule is c1ccc(-c2ccc3c(c2)c2cc(-c4ccccc4)ccc2c2nc(-c4ccccc4)cnc32)cc1. The molecule has 0 bridgehead atoms. The lowest BCUT2D eigenvalue weighted by Gasteiger charge is -2.13. The first kappa shape index (κ1) is 20.5. The first-order chi connectivity index (χ1) is 17.8. The van der Waals surface area contributed by atoms with E-state index in [2.05, 4.69) is 109 Å². The van der Waals surface area contributed by atoms with Gasteiger partial charge in [-0.05, 0) is 45.2 Å². The van der Waals surface area contributed by atoms with Gasteiger partial charge in [-0.1, -0.05) is 115 Å². The smallest absolute Gasteiger partial charge is 0.0979 e. The maximum Gasteiger partial charge on any atom is 0.0979 e. The maximum atomic E-state index is 5.14. The number of fused-ring (bicyclic) bond motifs is 6. The van der Waals surface area contributed by atoms with Crippen LogP contribution in [0.4, 0.5) is 0 Å². The van der Waals surface area contributed by atoms with Gasteiger partial charge in [0.1, 0.15) is 0 Å². The summed E-state index contributed by atoms with van der Waals surface area (Å²) in [5.41, 5.74) is 8.63. The highest BCUT2D eigenvalue weighted by atomic mass is 14.8. The van der Waals surface area contributed by atoms with Crippen molar-refractivity contribution in [2.24, 2.45) is 0 Å². The summed E-state index contributed by atoms with van der Waals surface area (Å²) in [7, 11) is 0. The minimum absolute atomic E-state index is 0.886. The molecule has 7 aromatic rings. The van der Waals surface area contributed by atoms with Crippen LogP contribution in [-0.4, -0.2) is 9.97 Å². The Morgan fingerprint density at radius 2 is 0.833 bits per heavy atom. The highest BCUT2D eigenvalue weighted by molar-refractivity contribution is 6.24. The van der Waals surface area contributed by atoms with E-state index in [4.69, 9.17) is 9.97 Å². The van der Waals surface area contributed by atoms with Crippen molar-refractivity contribution in [2.45, 2.75) is 0 Å². The van der Waals surface area contributed by atoms with Crippen molar-refractivity contribution < 1.29 is 0 Å². The third kappa shape index (κ3) is 3.43. The number of hydrogen-bond acceptors (Lipinski definition) is 2. The molecular formula is C34H22N2. The minimum Gasteiger partial charge on any atom is -0.252 e. The van der Waals surface area contributed by atoms with Crippen LogP contribution in [0.2, 0.25) is 0 Å². The average Bonchev–Trinajstić information content (AvgIpc) is 2.98. The number of aromatic nitrogens is 2. The van der Waals surface area contributed by atoms with Crippen LogP contribution in [0.15, 0.2) is 134 Å². The van der Waals surface area contributed by atoms with Crippen molar-refractivity contribution in [3.63, 3.8) is 0 Å². The van der Waals surface area contributed by atoms with Crippen LogP contribution in [0.5, 0.6) is 0 Å². The molecule has 0 atom stereocenters. The molecule has 0 aliphatic heterocycles. The van der Waals surface area contributed by atoms with E-state index in [1.54, 1.807) is 0 Å². The van der Waals surface area contributed by atoms with E-state index in [1.807, 2.05) is 24.4 Å². The predicted octanol–water partition coefficient (Wildman–Crippen LogP) is 8.94. The molecule has 1 heterocycles. The van der Waals surface area contributed by atoms with E-state index in [0.29, 0.717) is 0 Å². The molecule has 0 aliphatic rings. The topological polar surface area (TPSA) is 25.8 Å². The van der Waals surface area contributed by atoms with Crippen molar-refractivity contribution in [1.29, 1.82) is 0 Å². The molecule has 7 rings (SSSR count). The van der Waals surface area contributed by atoms with E-state index in [0.717, 1.165) is 33.1 Å². The van der Waals surface area contributed by atoms with E-state index >= 15 is 0 Å². The largest absolute Gasteiger partial charge is 0.252 e. The summed E-state index contributed by atoms with van der Waals surface area (Å²) in [5, 5.41) is 4.62. The van der Waals surface area contributed by atoms with E-state index in [-0.39, 0.29) is 0 Å². The molecule has 0 unspecified atom stereocenters. The van der Waals surface area contributed by atoms with Crippen molar-refractivity contribution in [2.75, 3.05) is 0 Å². The van der Waals surface area contributed by atoms with Crippen LogP contribution in [0.25, 0.3) is 66.1 Å². The summed E-state index contributed by atoms with van der Waals surface area (Å²) < 4.78 is 0. The lowest BCUT2D eigenvalue weighted by Crippen LogP contribution is -1.93. The first-order valence-electron chi connectivity index (χ1n) is 12.2. The maximum absolute atomic E-state index is 5.14. The first-order valence-corrected chi connectivity index (χ1v) is 12.2. The van der Waals surface area contributed by atoms with Crippen LogP contribution in [0.1, 0.15) is 0 Å². The van der Waals surface area contributed by atoms with Gasteiger partial charge >= 0.3 is 0 Å². The number of nitrogens with zero attached hydrogens (tertiary/aromatic N) is 2. The van der Waals surface area contributed by atoms with Gasteiger partial charge in [-0.15, -0.1) is 0 Å². The van der Waals surface area contributed by atoms with E-state index in [1.165, 1.54) is 33.0 Å². The molecule has 0 saturated heterocycles. The third-order valence-corrected chi connectivity index (χ3v) is 6.90. The fourth-order valence-corrected chi connectivity index (χ4v) is 5.09. The molecule has 6 aromatic carbocycles. The van der Waals surface area contributed by atoms with Gasteiger partial charge in [-0.3, -0.25) is 4.98 Å². The highest BCUT2D eigenvalue weighted by Crippen LogP contribution is 2.38. The highest BCUT2D eigenvalue weighted by Gasteiger charge is 2.14. The Labute approximate surface area is 209 Å². The van der Waals surface area contributed by atoms with Gasteiger partial charge in [0.2, 0.25) is 0 Å². The predicted molar refractivity (Wildman–Crippen MR) is 151 cm³/mol. The molecule has 0 N–H and O–H groups in total. The standard InChI is InChI=1S/C34H22N2/c1-4-10-23(11-5-1)26-16-18-28-30(20-26)31-21-27(24-12-6-2-7-13-24)17-19-29(31)34-33(28)35-22-32(36-34)25-14-8-3-9-15-25/h1-22H. The van der Waals surface area contributed by atoms with Crippen molar-refractivity contribution >= 4 is 32.6 Å². The Kier molecular flexibility index (Phi) is 4.82. The number of rotatable bonds is 3. The van der Waals surface area contributed by atoms with Crippen LogP contribution in [0, 0.1) is 0 Å². The molecule has 0 aliphatic carbocycles. The summed E-state index contributed by atoms with van der Waals surface area (Å²) >= 11 is 0. The summed E-state index contributed by atoms with van der Waals surface area (Å²) in [6.45, 7) is 0. The van der Waals surface area contributed by atoms with Gasteiger partial charge in [0.05, 0.1) is 22.9 Å². The second-order valence-corrected chi connectivity index (χ2v) is 9.07. The van der Waals surface area contributed by atoms with E-state index < -0.39 is 0 Å². The van der Waals surface area contributed by atoms with Crippen LogP contribution in [-0.2, 0) is 0 Å². The normalized spacial score (nSPS) is 11.3. The van der Waals surface area contributed by atoms with Crippen molar-refractivity contribution in [3.05, 3.63) is 134 Å². The fraction of sp³-hybridized carbons (Fsp3) is 0. The number of hydrogen-bond donors (Lipinski definition) is 0. The van der Waals surface area contributed by atoms with Crippen molar-refractivity contribution in [1.82, 2.24) is 9.97 Å². The molecule has 1 aromatic heterocycles. The fourth-order valence-electron chi connectivity index (χ4n) is 5.09. The quantitative estimate of drug-likeness (QED) is 0.247. The Morgan fingerprint density at radius 1 is 0.361 bits per heavy atom. The second kappa shape index (κ2) is 8.44. The lowest BCUT2D eigenvalue weighted by molar-refractivity contribution is 1.31.